The Morgan fingerprint density at radius 1 is 1.42 bits per heavy atom. The smallest absolute Gasteiger partial charge is 0.273 e. The predicted octanol–water partition coefficient (Wildman–Crippen LogP) is 2.12. The van der Waals surface area contributed by atoms with Crippen LogP contribution in [-0.4, -0.2) is 59.1 Å². The highest BCUT2D eigenvalue weighted by atomic mass is 79.9. The van der Waals surface area contributed by atoms with Crippen molar-refractivity contribution in [2.24, 2.45) is 0 Å². The average Bonchev–Trinajstić information content (AvgIpc) is 3.00. The highest BCUT2D eigenvalue weighted by molar-refractivity contribution is 9.10. The van der Waals surface area contributed by atoms with Crippen LogP contribution in [0.25, 0.3) is 0 Å². The third-order valence-corrected chi connectivity index (χ3v) is 4.22. The van der Waals surface area contributed by atoms with Gasteiger partial charge in [-0.15, -0.1) is 0 Å². The lowest BCUT2D eigenvalue weighted by Gasteiger charge is -2.29. The highest BCUT2D eigenvalue weighted by Gasteiger charge is 2.29. The predicted molar refractivity (Wildman–Crippen MR) is 78.1 cm³/mol. The van der Waals surface area contributed by atoms with Crippen LogP contribution in [0.2, 0.25) is 0 Å². The molecule has 2 rings (SSSR count). The molecule has 0 radical (unpaired) electrons. The topological polar surface area (TPSA) is 52.2 Å². The van der Waals surface area contributed by atoms with Crippen molar-refractivity contribution in [2.75, 3.05) is 27.2 Å². The lowest BCUT2D eigenvalue weighted by atomic mass is 10.2. The van der Waals surface area contributed by atoms with Crippen LogP contribution in [0.4, 0.5) is 0 Å². The second kappa shape index (κ2) is 6.52. The number of carbonyl (C=O) groups excluding carboxylic acids is 1. The summed E-state index contributed by atoms with van der Waals surface area (Å²) in [5.74, 6) is 0.0538. The standard InChI is InChI=1S/C13H21BrN4O/c1-17(2)7-8-18(10-5-3-4-6-10)13(19)12-11(14)9-15-16-12/h9-10H,3-8H2,1-2H3,(H,15,16). The van der Waals surface area contributed by atoms with E-state index in [9.17, 15) is 4.79 Å². The van der Waals surface area contributed by atoms with Gasteiger partial charge in [-0.2, -0.15) is 5.10 Å². The zero-order chi connectivity index (χ0) is 13.8. The molecular weight excluding hydrogens is 308 g/mol. The van der Waals surface area contributed by atoms with Crippen LogP contribution in [-0.2, 0) is 0 Å². The van der Waals surface area contributed by atoms with Gasteiger partial charge in [-0.25, -0.2) is 0 Å². The molecule has 5 nitrogen and oxygen atoms in total. The zero-order valence-electron chi connectivity index (χ0n) is 11.5. The molecule has 0 spiro atoms. The summed E-state index contributed by atoms with van der Waals surface area (Å²) >= 11 is 3.37. The first-order valence-corrected chi connectivity index (χ1v) is 7.53. The minimum Gasteiger partial charge on any atom is -0.333 e. The molecule has 1 aromatic rings. The lowest BCUT2D eigenvalue weighted by Crippen LogP contribution is -2.43. The molecular formula is C13H21BrN4O. The molecule has 0 aromatic carbocycles. The number of aromatic amines is 1. The molecule has 1 aliphatic carbocycles. The Morgan fingerprint density at radius 3 is 2.63 bits per heavy atom. The van der Waals surface area contributed by atoms with E-state index in [2.05, 4.69) is 31.0 Å². The van der Waals surface area contributed by atoms with Gasteiger partial charge < -0.3 is 9.80 Å². The molecule has 1 aromatic heterocycles. The van der Waals surface area contributed by atoms with Gasteiger partial charge in [0.15, 0.2) is 0 Å². The summed E-state index contributed by atoms with van der Waals surface area (Å²) in [4.78, 5) is 16.7. The van der Waals surface area contributed by atoms with E-state index in [0.717, 1.165) is 30.4 Å². The van der Waals surface area contributed by atoms with Crippen molar-refractivity contribution in [3.8, 4) is 0 Å². The Balaban J connectivity index is 2.11. The van der Waals surface area contributed by atoms with E-state index in [1.54, 1.807) is 6.20 Å². The van der Waals surface area contributed by atoms with E-state index in [0.29, 0.717) is 11.7 Å². The van der Waals surface area contributed by atoms with Crippen molar-refractivity contribution in [3.05, 3.63) is 16.4 Å². The van der Waals surface area contributed by atoms with Gasteiger partial charge in [-0.1, -0.05) is 12.8 Å². The van der Waals surface area contributed by atoms with Crippen molar-refractivity contribution in [2.45, 2.75) is 31.7 Å². The molecule has 106 valence electrons. The minimum absolute atomic E-state index is 0.0538. The molecule has 0 unspecified atom stereocenters. The van der Waals surface area contributed by atoms with Gasteiger partial charge in [0.1, 0.15) is 5.69 Å². The Hall–Kier alpha value is -0.880. The second-order valence-corrected chi connectivity index (χ2v) is 6.19. The molecule has 19 heavy (non-hydrogen) atoms. The van der Waals surface area contributed by atoms with Crippen LogP contribution in [0.5, 0.6) is 0 Å². The molecule has 0 bridgehead atoms. The van der Waals surface area contributed by atoms with Crippen LogP contribution < -0.4 is 0 Å². The van der Waals surface area contributed by atoms with Gasteiger partial charge in [0.2, 0.25) is 0 Å². The molecule has 0 atom stereocenters. The number of rotatable bonds is 5. The summed E-state index contributed by atoms with van der Waals surface area (Å²) in [6.07, 6.45) is 6.31. The summed E-state index contributed by atoms with van der Waals surface area (Å²) in [5.41, 5.74) is 0.561. The fourth-order valence-corrected chi connectivity index (χ4v) is 2.90. The first-order chi connectivity index (χ1) is 9.09. The first kappa shape index (κ1) is 14.5. The Labute approximate surface area is 122 Å². The number of likely N-dealkylation sites (N-methyl/N-ethyl adjacent to an activating group) is 1. The third kappa shape index (κ3) is 3.57. The van der Waals surface area contributed by atoms with Crippen molar-refractivity contribution in [1.82, 2.24) is 20.0 Å². The molecule has 1 saturated carbocycles. The number of amides is 1. The van der Waals surface area contributed by atoms with Gasteiger partial charge in [0.25, 0.3) is 5.91 Å². The molecule has 1 N–H and O–H groups in total. The molecule has 0 saturated heterocycles. The summed E-state index contributed by atoms with van der Waals surface area (Å²) in [6.45, 7) is 1.65. The third-order valence-electron chi connectivity index (χ3n) is 3.62. The van der Waals surface area contributed by atoms with Gasteiger partial charge in [-0.05, 0) is 42.9 Å². The van der Waals surface area contributed by atoms with Gasteiger partial charge in [0.05, 0.1) is 10.7 Å². The Kier molecular flexibility index (Phi) is 4.99. The molecule has 6 heteroatoms. The van der Waals surface area contributed by atoms with Crippen molar-refractivity contribution >= 4 is 21.8 Å². The zero-order valence-corrected chi connectivity index (χ0v) is 13.1. The van der Waals surface area contributed by atoms with Crippen LogP contribution in [0.15, 0.2) is 10.7 Å². The maximum Gasteiger partial charge on any atom is 0.273 e. The number of nitrogens with zero attached hydrogens (tertiary/aromatic N) is 3. The number of nitrogens with one attached hydrogen (secondary N) is 1. The largest absolute Gasteiger partial charge is 0.333 e. The maximum atomic E-state index is 12.6. The number of carbonyl (C=O) groups is 1. The number of halogens is 1. The SMILES string of the molecule is CN(C)CCN(C(=O)c1[nH]ncc1Br)C1CCCC1. The number of hydrogen-bond donors (Lipinski definition) is 1. The van der Waals surface area contributed by atoms with Crippen molar-refractivity contribution in [3.63, 3.8) is 0 Å². The van der Waals surface area contributed by atoms with E-state index in [-0.39, 0.29) is 5.91 Å². The van der Waals surface area contributed by atoms with Crippen molar-refractivity contribution < 1.29 is 4.79 Å². The molecule has 1 heterocycles. The van der Waals surface area contributed by atoms with Crippen LogP contribution in [0.1, 0.15) is 36.2 Å². The normalized spacial score (nSPS) is 16.2. The van der Waals surface area contributed by atoms with Crippen LogP contribution in [0.3, 0.4) is 0 Å². The Bertz CT molecular complexity index is 426. The van der Waals surface area contributed by atoms with E-state index in [4.69, 9.17) is 0 Å². The molecule has 1 amide bonds. The summed E-state index contributed by atoms with van der Waals surface area (Å²) in [7, 11) is 4.06. The van der Waals surface area contributed by atoms with E-state index >= 15 is 0 Å². The molecule has 1 aliphatic rings. The molecule has 1 fully saturated rings. The number of aromatic nitrogens is 2. The summed E-state index contributed by atoms with van der Waals surface area (Å²) in [5, 5.41) is 6.71. The van der Waals surface area contributed by atoms with Crippen LogP contribution >= 0.6 is 15.9 Å². The molecule has 0 aliphatic heterocycles. The monoisotopic (exact) mass is 328 g/mol. The van der Waals surface area contributed by atoms with Crippen LogP contribution in [0, 0.1) is 0 Å². The van der Waals surface area contributed by atoms with Crippen molar-refractivity contribution in [1.29, 1.82) is 0 Å². The maximum absolute atomic E-state index is 12.6. The second-order valence-electron chi connectivity index (χ2n) is 5.33. The van der Waals surface area contributed by atoms with Gasteiger partial charge in [0, 0.05) is 19.1 Å². The summed E-state index contributed by atoms with van der Waals surface area (Å²) < 4.78 is 0.741. The Morgan fingerprint density at radius 2 is 2.11 bits per heavy atom. The highest BCUT2D eigenvalue weighted by Crippen LogP contribution is 2.26. The first-order valence-electron chi connectivity index (χ1n) is 6.74. The number of hydrogen-bond acceptors (Lipinski definition) is 3. The lowest BCUT2D eigenvalue weighted by molar-refractivity contribution is 0.0660. The minimum atomic E-state index is 0.0538. The van der Waals surface area contributed by atoms with E-state index in [1.807, 2.05) is 19.0 Å². The van der Waals surface area contributed by atoms with E-state index < -0.39 is 0 Å². The van der Waals surface area contributed by atoms with Gasteiger partial charge >= 0.3 is 0 Å². The average molecular weight is 329 g/mol. The van der Waals surface area contributed by atoms with Gasteiger partial charge in [-0.3, -0.25) is 9.89 Å². The fraction of sp³-hybridized carbons (Fsp3) is 0.692. The quantitative estimate of drug-likeness (QED) is 0.900. The van der Waals surface area contributed by atoms with E-state index in [1.165, 1.54) is 12.8 Å². The summed E-state index contributed by atoms with van der Waals surface area (Å²) in [6, 6.07) is 0.377. The fourth-order valence-electron chi connectivity index (χ4n) is 2.54. The number of H-pyrrole nitrogens is 1.